The monoisotopic (exact) mass is 222 g/mol. The first-order valence-corrected chi connectivity index (χ1v) is 5.66. The zero-order chi connectivity index (χ0) is 11.2. The zero-order valence-electron chi connectivity index (χ0n) is 9.23. The highest BCUT2D eigenvalue weighted by atomic mass is 16.5. The Kier molecular flexibility index (Phi) is 4.16. The second-order valence-corrected chi connectivity index (χ2v) is 3.95. The van der Waals surface area contributed by atoms with E-state index in [1.54, 1.807) is 0 Å². The second-order valence-electron chi connectivity index (χ2n) is 3.95. The van der Waals surface area contributed by atoms with Gasteiger partial charge in [0.25, 0.3) is 0 Å². The van der Waals surface area contributed by atoms with Gasteiger partial charge in [0.15, 0.2) is 0 Å². The molecule has 16 heavy (non-hydrogen) atoms. The van der Waals surface area contributed by atoms with Gasteiger partial charge < -0.3 is 20.5 Å². The quantitative estimate of drug-likeness (QED) is 0.613. The molecule has 0 aromatic heterocycles. The predicted molar refractivity (Wildman–Crippen MR) is 62.6 cm³/mol. The maximum atomic E-state index is 9.54. The van der Waals surface area contributed by atoms with Crippen LogP contribution in [-0.2, 0) is 0 Å². The van der Waals surface area contributed by atoms with Crippen molar-refractivity contribution in [3.8, 4) is 5.75 Å². The molecule has 3 N–H and O–H groups in total. The number of aliphatic hydroxyl groups is 1. The Hall–Kier alpha value is -1.10. The lowest BCUT2D eigenvalue weighted by Gasteiger charge is -2.15. The smallest absolute Gasteiger partial charge is 0.119 e. The van der Waals surface area contributed by atoms with Gasteiger partial charge >= 0.3 is 0 Å². The van der Waals surface area contributed by atoms with Gasteiger partial charge in [-0.3, -0.25) is 0 Å². The van der Waals surface area contributed by atoms with Crippen molar-refractivity contribution in [3.05, 3.63) is 30.3 Å². The van der Waals surface area contributed by atoms with Crippen molar-refractivity contribution in [2.24, 2.45) is 0 Å². The summed E-state index contributed by atoms with van der Waals surface area (Å²) >= 11 is 0. The molecular weight excluding hydrogens is 204 g/mol. The molecule has 2 rings (SSSR count). The summed E-state index contributed by atoms with van der Waals surface area (Å²) in [5, 5.41) is 15.9. The second kappa shape index (κ2) is 5.84. The molecule has 1 aliphatic rings. The lowest BCUT2D eigenvalue weighted by molar-refractivity contribution is 0.160. The molecule has 2 atom stereocenters. The number of benzene rings is 1. The number of aliphatic hydroxyl groups excluding tert-OH is 1. The van der Waals surface area contributed by atoms with E-state index in [1.165, 1.54) is 0 Å². The van der Waals surface area contributed by atoms with Gasteiger partial charge in [0.05, 0.1) is 6.10 Å². The lowest BCUT2D eigenvalue weighted by atomic mass is 10.2. The van der Waals surface area contributed by atoms with Crippen LogP contribution >= 0.6 is 0 Å². The lowest BCUT2D eigenvalue weighted by Crippen LogP contribution is -2.40. The van der Waals surface area contributed by atoms with Gasteiger partial charge in [-0.2, -0.15) is 0 Å². The third kappa shape index (κ3) is 3.20. The van der Waals surface area contributed by atoms with Crippen molar-refractivity contribution in [1.82, 2.24) is 10.6 Å². The fraction of sp³-hybridized carbons (Fsp3) is 0.500. The van der Waals surface area contributed by atoms with Crippen LogP contribution in [0.3, 0.4) is 0 Å². The van der Waals surface area contributed by atoms with Crippen molar-refractivity contribution < 1.29 is 9.84 Å². The van der Waals surface area contributed by atoms with E-state index in [4.69, 9.17) is 4.74 Å². The molecule has 1 heterocycles. The standard InChI is InChI=1S/C12H18N2O2/c15-12-9-13-8-11(12)14-6-7-16-10-4-2-1-3-5-10/h1-5,11-15H,6-9H2/t11-,12-/m1/s1. The maximum absolute atomic E-state index is 9.54. The fourth-order valence-electron chi connectivity index (χ4n) is 1.80. The van der Waals surface area contributed by atoms with Crippen LogP contribution < -0.4 is 15.4 Å². The van der Waals surface area contributed by atoms with E-state index in [2.05, 4.69) is 10.6 Å². The highest BCUT2D eigenvalue weighted by Crippen LogP contribution is 2.07. The van der Waals surface area contributed by atoms with Crippen molar-refractivity contribution in [2.75, 3.05) is 26.2 Å². The Bertz CT molecular complexity index is 305. The van der Waals surface area contributed by atoms with E-state index in [-0.39, 0.29) is 12.1 Å². The summed E-state index contributed by atoms with van der Waals surface area (Å²) in [6.07, 6.45) is -0.281. The average molecular weight is 222 g/mol. The SMILES string of the molecule is O[C@@H]1CNC[C@H]1NCCOc1ccccc1. The summed E-state index contributed by atoms with van der Waals surface area (Å²) in [6, 6.07) is 9.89. The van der Waals surface area contributed by atoms with Gasteiger partial charge in [-0.25, -0.2) is 0 Å². The molecule has 88 valence electrons. The summed E-state index contributed by atoms with van der Waals surface area (Å²) in [6.45, 7) is 2.87. The van der Waals surface area contributed by atoms with Crippen LogP contribution in [0.4, 0.5) is 0 Å². The third-order valence-electron chi connectivity index (χ3n) is 2.70. The average Bonchev–Trinajstić information content (AvgIpc) is 2.72. The molecule has 0 radical (unpaired) electrons. The number of rotatable bonds is 5. The normalized spacial score (nSPS) is 24.6. The van der Waals surface area contributed by atoms with Crippen LogP contribution in [0, 0.1) is 0 Å². The first kappa shape index (κ1) is 11.4. The summed E-state index contributed by atoms with van der Waals surface area (Å²) < 4.78 is 5.54. The largest absolute Gasteiger partial charge is 0.492 e. The van der Waals surface area contributed by atoms with Crippen LogP contribution in [0.2, 0.25) is 0 Å². The summed E-state index contributed by atoms with van der Waals surface area (Å²) in [7, 11) is 0. The van der Waals surface area contributed by atoms with Gasteiger partial charge in [0, 0.05) is 25.7 Å². The van der Waals surface area contributed by atoms with Crippen molar-refractivity contribution in [1.29, 1.82) is 0 Å². The molecule has 1 aromatic rings. The third-order valence-corrected chi connectivity index (χ3v) is 2.70. The molecule has 0 unspecified atom stereocenters. The number of ether oxygens (including phenoxy) is 1. The highest BCUT2D eigenvalue weighted by Gasteiger charge is 2.23. The summed E-state index contributed by atoms with van der Waals surface area (Å²) in [5.41, 5.74) is 0. The first-order valence-electron chi connectivity index (χ1n) is 5.66. The van der Waals surface area contributed by atoms with E-state index in [0.717, 1.165) is 18.8 Å². The van der Waals surface area contributed by atoms with E-state index < -0.39 is 0 Å². The van der Waals surface area contributed by atoms with E-state index in [9.17, 15) is 5.11 Å². The molecule has 4 nitrogen and oxygen atoms in total. The van der Waals surface area contributed by atoms with E-state index >= 15 is 0 Å². The molecule has 0 spiro atoms. The number of nitrogens with one attached hydrogen (secondary N) is 2. The Labute approximate surface area is 95.6 Å². The molecule has 1 fully saturated rings. The van der Waals surface area contributed by atoms with E-state index in [1.807, 2.05) is 30.3 Å². The number of β-amino-alcohol motifs (C(OH)–C–C–N with tert-alkyl or cyclic N) is 1. The van der Waals surface area contributed by atoms with E-state index in [0.29, 0.717) is 13.2 Å². The predicted octanol–water partition coefficient (Wildman–Crippen LogP) is -0.0123. The molecular formula is C12H18N2O2. The molecule has 0 aliphatic carbocycles. The van der Waals surface area contributed by atoms with Crippen LogP contribution in [0.15, 0.2) is 30.3 Å². The van der Waals surface area contributed by atoms with Crippen molar-refractivity contribution in [2.45, 2.75) is 12.1 Å². The van der Waals surface area contributed by atoms with Gasteiger partial charge in [0.1, 0.15) is 12.4 Å². The first-order chi connectivity index (χ1) is 7.86. The minimum atomic E-state index is -0.281. The number of para-hydroxylation sites is 1. The summed E-state index contributed by atoms with van der Waals surface area (Å²) in [5.74, 6) is 0.884. The molecule has 4 heteroatoms. The molecule has 0 saturated carbocycles. The Balaban J connectivity index is 1.62. The Morgan fingerprint density at radius 1 is 1.31 bits per heavy atom. The fourth-order valence-corrected chi connectivity index (χ4v) is 1.80. The minimum Gasteiger partial charge on any atom is -0.492 e. The van der Waals surface area contributed by atoms with Gasteiger partial charge in [-0.1, -0.05) is 18.2 Å². The maximum Gasteiger partial charge on any atom is 0.119 e. The Morgan fingerprint density at radius 3 is 2.81 bits per heavy atom. The van der Waals surface area contributed by atoms with Gasteiger partial charge in [-0.05, 0) is 12.1 Å². The topological polar surface area (TPSA) is 53.5 Å². The molecule has 0 amide bonds. The van der Waals surface area contributed by atoms with Crippen molar-refractivity contribution >= 4 is 0 Å². The summed E-state index contributed by atoms with van der Waals surface area (Å²) in [4.78, 5) is 0. The molecule has 1 aromatic carbocycles. The molecule has 1 saturated heterocycles. The number of hydrogen-bond acceptors (Lipinski definition) is 4. The van der Waals surface area contributed by atoms with Crippen LogP contribution in [0.1, 0.15) is 0 Å². The molecule has 1 aliphatic heterocycles. The van der Waals surface area contributed by atoms with Crippen LogP contribution in [-0.4, -0.2) is 43.5 Å². The van der Waals surface area contributed by atoms with Gasteiger partial charge in [-0.15, -0.1) is 0 Å². The van der Waals surface area contributed by atoms with Crippen molar-refractivity contribution in [3.63, 3.8) is 0 Å². The zero-order valence-corrected chi connectivity index (χ0v) is 9.23. The van der Waals surface area contributed by atoms with Crippen LogP contribution in [0.25, 0.3) is 0 Å². The highest BCUT2D eigenvalue weighted by molar-refractivity contribution is 5.20. The number of hydrogen-bond donors (Lipinski definition) is 3. The molecule has 0 bridgehead atoms. The van der Waals surface area contributed by atoms with Gasteiger partial charge in [0.2, 0.25) is 0 Å². The Morgan fingerprint density at radius 2 is 2.12 bits per heavy atom. The van der Waals surface area contributed by atoms with Crippen LogP contribution in [0.5, 0.6) is 5.75 Å². The minimum absolute atomic E-state index is 0.152.